The number of hydrogen-bond donors (Lipinski definition) is 1. The average Bonchev–Trinajstić information content (AvgIpc) is 3.10. The highest BCUT2D eigenvalue weighted by molar-refractivity contribution is 6.32. The molecule has 1 heterocycles. The van der Waals surface area contributed by atoms with E-state index in [-0.39, 0.29) is 12.4 Å². The van der Waals surface area contributed by atoms with E-state index in [0.29, 0.717) is 0 Å². The van der Waals surface area contributed by atoms with Crippen LogP contribution < -0.4 is 5.32 Å². The maximum atomic E-state index is 6.40. The zero-order valence-electron chi connectivity index (χ0n) is 13.5. The number of nitrogens with one attached hydrogen (secondary N) is 1. The van der Waals surface area contributed by atoms with Gasteiger partial charge in [-0.2, -0.15) is 0 Å². The number of halogens is 2. The highest BCUT2D eigenvalue weighted by atomic mass is 35.5. The molecule has 0 spiro atoms. The number of hydrogen-bond acceptors (Lipinski definition) is 1. The summed E-state index contributed by atoms with van der Waals surface area (Å²) < 4.78 is 2.03. The van der Waals surface area contributed by atoms with Gasteiger partial charge in [-0.05, 0) is 61.3 Å². The Kier molecular flexibility index (Phi) is 7.38. The number of benzene rings is 2. The van der Waals surface area contributed by atoms with E-state index < -0.39 is 0 Å². The first-order valence-corrected chi connectivity index (χ1v) is 8.37. The fourth-order valence-electron chi connectivity index (χ4n) is 2.65. The van der Waals surface area contributed by atoms with Gasteiger partial charge in [-0.15, -0.1) is 12.4 Å². The molecule has 0 fully saturated rings. The third kappa shape index (κ3) is 5.13. The molecule has 126 valence electrons. The van der Waals surface area contributed by atoms with E-state index >= 15 is 0 Å². The lowest BCUT2D eigenvalue weighted by molar-refractivity contribution is 0.681. The van der Waals surface area contributed by atoms with Crippen molar-refractivity contribution in [2.24, 2.45) is 0 Å². The van der Waals surface area contributed by atoms with E-state index in [2.05, 4.69) is 53.8 Å². The van der Waals surface area contributed by atoms with Gasteiger partial charge in [0.2, 0.25) is 0 Å². The third-order valence-electron chi connectivity index (χ3n) is 3.92. The third-order valence-corrected chi connectivity index (χ3v) is 4.22. The molecule has 0 radical (unpaired) electrons. The summed E-state index contributed by atoms with van der Waals surface area (Å²) in [7, 11) is 0. The quantitative estimate of drug-likeness (QED) is 0.591. The second kappa shape index (κ2) is 9.53. The lowest BCUT2D eigenvalue weighted by Crippen LogP contribution is -2.20. The Morgan fingerprint density at radius 3 is 2.12 bits per heavy atom. The topological polar surface area (TPSA) is 17.0 Å². The van der Waals surface area contributed by atoms with E-state index in [1.165, 1.54) is 11.1 Å². The van der Waals surface area contributed by atoms with Crippen molar-refractivity contribution in [2.75, 3.05) is 13.1 Å². The van der Waals surface area contributed by atoms with Crippen molar-refractivity contribution < 1.29 is 0 Å². The Labute approximate surface area is 154 Å². The Balaban J connectivity index is 0.00000208. The zero-order valence-corrected chi connectivity index (χ0v) is 15.1. The van der Waals surface area contributed by atoms with Crippen molar-refractivity contribution in [2.45, 2.75) is 12.8 Å². The maximum absolute atomic E-state index is 6.40. The van der Waals surface area contributed by atoms with Crippen LogP contribution in [0.25, 0.3) is 5.69 Å². The lowest BCUT2D eigenvalue weighted by atomic mass is 10.1. The van der Waals surface area contributed by atoms with Crippen LogP contribution in [0.5, 0.6) is 0 Å². The summed E-state index contributed by atoms with van der Waals surface area (Å²) >= 11 is 6.40. The number of rotatable bonds is 7. The van der Waals surface area contributed by atoms with Gasteiger partial charge >= 0.3 is 0 Å². The van der Waals surface area contributed by atoms with E-state index in [4.69, 9.17) is 11.6 Å². The second-order valence-corrected chi connectivity index (χ2v) is 6.02. The molecule has 1 aromatic heterocycles. The Hall–Kier alpha value is -1.74. The SMILES string of the molecule is Cl.Clc1cc(CCNCCc2ccccc2)ccc1-n1cccc1. The molecule has 0 aliphatic rings. The molecule has 24 heavy (non-hydrogen) atoms. The van der Waals surface area contributed by atoms with Crippen molar-refractivity contribution >= 4 is 24.0 Å². The molecule has 0 aliphatic carbocycles. The molecule has 4 heteroatoms. The van der Waals surface area contributed by atoms with Crippen LogP contribution in [0.15, 0.2) is 73.1 Å². The minimum Gasteiger partial charge on any atom is -0.322 e. The second-order valence-electron chi connectivity index (χ2n) is 5.61. The van der Waals surface area contributed by atoms with Gasteiger partial charge in [0, 0.05) is 12.4 Å². The summed E-state index contributed by atoms with van der Waals surface area (Å²) in [6.07, 6.45) is 6.06. The average molecular weight is 361 g/mol. The van der Waals surface area contributed by atoms with E-state index in [0.717, 1.165) is 36.6 Å². The molecule has 0 saturated carbocycles. The first-order chi connectivity index (χ1) is 11.3. The molecular formula is C20H22Cl2N2. The van der Waals surface area contributed by atoms with Gasteiger partial charge in [0.1, 0.15) is 0 Å². The Bertz CT molecular complexity index is 725. The predicted molar refractivity (Wildman–Crippen MR) is 105 cm³/mol. The molecule has 0 unspecified atom stereocenters. The summed E-state index contributed by atoms with van der Waals surface area (Å²) in [4.78, 5) is 0. The van der Waals surface area contributed by atoms with Gasteiger partial charge in [0.15, 0.2) is 0 Å². The van der Waals surface area contributed by atoms with Crippen LogP contribution in [0, 0.1) is 0 Å². The van der Waals surface area contributed by atoms with Crippen LogP contribution in [0.3, 0.4) is 0 Å². The van der Waals surface area contributed by atoms with Crippen LogP contribution in [0.1, 0.15) is 11.1 Å². The molecule has 3 aromatic rings. The molecule has 0 bridgehead atoms. The summed E-state index contributed by atoms with van der Waals surface area (Å²) in [5.41, 5.74) is 3.66. The van der Waals surface area contributed by atoms with E-state index in [1.807, 2.05) is 29.1 Å². The van der Waals surface area contributed by atoms with Gasteiger partial charge < -0.3 is 9.88 Å². The molecule has 1 N–H and O–H groups in total. The van der Waals surface area contributed by atoms with Crippen LogP contribution in [-0.2, 0) is 12.8 Å². The molecule has 0 amide bonds. The van der Waals surface area contributed by atoms with Crippen molar-refractivity contribution in [1.29, 1.82) is 0 Å². The van der Waals surface area contributed by atoms with Gasteiger partial charge in [-0.3, -0.25) is 0 Å². The number of nitrogens with zero attached hydrogens (tertiary/aromatic N) is 1. The molecule has 3 rings (SSSR count). The molecule has 2 aromatic carbocycles. The summed E-state index contributed by atoms with van der Waals surface area (Å²) in [6.45, 7) is 1.96. The Morgan fingerprint density at radius 2 is 1.46 bits per heavy atom. The maximum Gasteiger partial charge on any atom is 0.0649 e. The first-order valence-electron chi connectivity index (χ1n) is 7.99. The van der Waals surface area contributed by atoms with Crippen LogP contribution in [0.4, 0.5) is 0 Å². The fraction of sp³-hybridized carbons (Fsp3) is 0.200. The summed E-state index contributed by atoms with van der Waals surface area (Å²) in [6, 6.07) is 20.9. The van der Waals surface area contributed by atoms with Crippen LogP contribution >= 0.6 is 24.0 Å². The lowest BCUT2D eigenvalue weighted by Gasteiger charge is -2.09. The van der Waals surface area contributed by atoms with Crippen molar-refractivity contribution in [3.05, 3.63) is 89.2 Å². The Morgan fingerprint density at radius 1 is 0.792 bits per heavy atom. The van der Waals surface area contributed by atoms with Crippen molar-refractivity contribution in [3.8, 4) is 5.69 Å². The van der Waals surface area contributed by atoms with Crippen LogP contribution in [-0.4, -0.2) is 17.7 Å². The predicted octanol–water partition coefficient (Wildman–Crippen LogP) is 4.93. The first kappa shape index (κ1) is 18.6. The van der Waals surface area contributed by atoms with E-state index in [9.17, 15) is 0 Å². The smallest absolute Gasteiger partial charge is 0.0649 e. The van der Waals surface area contributed by atoms with Crippen molar-refractivity contribution in [3.63, 3.8) is 0 Å². The molecule has 0 atom stereocenters. The van der Waals surface area contributed by atoms with Crippen LogP contribution in [0.2, 0.25) is 5.02 Å². The standard InChI is InChI=1S/C20H21ClN2.ClH/c21-19-16-18(8-9-20(19)23-14-4-5-15-23)11-13-22-12-10-17-6-2-1-3-7-17;/h1-9,14-16,22H,10-13H2;1H. The van der Waals surface area contributed by atoms with Gasteiger partial charge in [0.25, 0.3) is 0 Å². The van der Waals surface area contributed by atoms with Gasteiger partial charge in [0.05, 0.1) is 10.7 Å². The summed E-state index contributed by atoms with van der Waals surface area (Å²) in [5.74, 6) is 0. The normalized spacial score (nSPS) is 10.4. The van der Waals surface area contributed by atoms with Gasteiger partial charge in [-0.25, -0.2) is 0 Å². The van der Waals surface area contributed by atoms with Gasteiger partial charge in [-0.1, -0.05) is 48.0 Å². The largest absolute Gasteiger partial charge is 0.322 e. The molecule has 2 nitrogen and oxygen atoms in total. The molecular weight excluding hydrogens is 339 g/mol. The zero-order chi connectivity index (χ0) is 15.9. The highest BCUT2D eigenvalue weighted by Gasteiger charge is 2.03. The highest BCUT2D eigenvalue weighted by Crippen LogP contribution is 2.22. The summed E-state index contributed by atoms with van der Waals surface area (Å²) in [5, 5.41) is 4.29. The monoisotopic (exact) mass is 360 g/mol. The molecule has 0 saturated heterocycles. The fourth-order valence-corrected chi connectivity index (χ4v) is 2.95. The number of aromatic nitrogens is 1. The minimum atomic E-state index is 0. The minimum absolute atomic E-state index is 0. The molecule has 0 aliphatic heterocycles. The van der Waals surface area contributed by atoms with E-state index in [1.54, 1.807) is 0 Å². The van der Waals surface area contributed by atoms with Crippen molar-refractivity contribution in [1.82, 2.24) is 9.88 Å².